The third-order valence-electron chi connectivity index (χ3n) is 5.95. The van der Waals surface area contributed by atoms with Gasteiger partial charge in [0.2, 0.25) is 0 Å². The Labute approximate surface area is 255 Å². The van der Waals surface area contributed by atoms with Gasteiger partial charge in [0, 0.05) is 33.6 Å². The van der Waals surface area contributed by atoms with Crippen molar-refractivity contribution in [3.8, 4) is 33.9 Å². The Hall–Kier alpha value is -5.28. The fourth-order valence-corrected chi connectivity index (χ4v) is 4.19. The topological polar surface area (TPSA) is 38.9 Å². The summed E-state index contributed by atoms with van der Waals surface area (Å²) in [7, 11) is 0. The van der Waals surface area contributed by atoms with E-state index in [-0.39, 0.29) is 10.9 Å². The SMILES string of the molecule is [2H]c1nc2c(c([2H])c1[2H])c([2H])c([2H])c1c([2H])c([2H])c(-c3c([2H])c([2H])c(-c4oc(-c5c([2H])c([2H])c([2H])c6c([2H])c([2H])c([2H])c([2H])c56)c([2H])c4[2H])c4c([2H])c([2H])c([2H])c([2H])c34)nc12. The van der Waals surface area contributed by atoms with Crippen LogP contribution in [0.3, 0.4) is 0 Å². The molecule has 3 heteroatoms. The molecule has 0 bridgehead atoms. The van der Waals surface area contributed by atoms with Gasteiger partial charge in [-0.3, -0.25) is 4.98 Å². The molecule has 0 unspecified atom stereocenters. The minimum absolute atomic E-state index is 0.387. The number of fused-ring (bicyclic) bond motifs is 5. The lowest BCUT2D eigenvalue weighted by atomic mass is 9.96. The number of benzene rings is 5. The molecule has 3 heterocycles. The summed E-state index contributed by atoms with van der Waals surface area (Å²) >= 11 is 0. The molecule has 0 atom stereocenters. The Kier molecular flexibility index (Phi) is 2.03. The first-order valence-electron chi connectivity index (χ1n) is 22.3. The second-order valence-corrected chi connectivity index (χ2v) is 8.14. The van der Waals surface area contributed by atoms with Crippen LogP contribution in [-0.4, -0.2) is 9.97 Å². The molecule has 39 heavy (non-hydrogen) atoms. The van der Waals surface area contributed by atoms with Crippen LogP contribution in [0.25, 0.3) is 77.3 Å². The van der Waals surface area contributed by atoms with Crippen LogP contribution in [0.2, 0.25) is 0 Å². The van der Waals surface area contributed by atoms with Crippen molar-refractivity contribution in [2.24, 2.45) is 0 Å². The lowest BCUT2D eigenvalue weighted by Gasteiger charge is -2.11. The Balaban J connectivity index is 1.54. The number of aromatic nitrogens is 2. The van der Waals surface area contributed by atoms with E-state index in [4.69, 9.17) is 31.8 Å². The maximum Gasteiger partial charge on any atom is 0.135 e. The van der Waals surface area contributed by atoms with E-state index in [0.717, 1.165) is 0 Å². The van der Waals surface area contributed by atoms with Gasteiger partial charge in [-0.1, -0.05) is 96.7 Å². The second-order valence-electron chi connectivity index (χ2n) is 8.14. The standard InChI is InChI=1S/C36H22N2O/c1-2-10-26-23(7-1)8-5-13-30(26)33-20-21-34(39-33)31-18-17-29(27-11-3-4-12-28(27)31)32-19-16-25-15-14-24-9-6-22-37-35(24)36(25)38-32/h1-22H/i1D,2D,3D,4D,5D,6D,7D,8D,9D,10D,11D,12D,13D,14D,15D,16D,17D,18D,19D,20D,21D,22D. The molecule has 0 saturated heterocycles. The van der Waals surface area contributed by atoms with Gasteiger partial charge >= 0.3 is 0 Å². The Morgan fingerprint density at radius 2 is 1.08 bits per heavy atom. The number of pyridine rings is 2. The van der Waals surface area contributed by atoms with Crippen molar-refractivity contribution in [1.29, 1.82) is 0 Å². The third-order valence-corrected chi connectivity index (χ3v) is 5.95. The maximum absolute atomic E-state index is 9.29. The Morgan fingerprint density at radius 3 is 1.92 bits per heavy atom. The normalized spacial score (nSPS) is 19.5. The van der Waals surface area contributed by atoms with Crippen molar-refractivity contribution < 1.29 is 34.6 Å². The van der Waals surface area contributed by atoms with Crippen molar-refractivity contribution >= 4 is 43.4 Å². The van der Waals surface area contributed by atoms with Crippen LogP contribution >= 0.6 is 0 Å². The summed E-state index contributed by atoms with van der Waals surface area (Å²) in [6, 6.07) is -16.8. The smallest absolute Gasteiger partial charge is 0.135 e. The maximum atomic E-state index is 9.29. The zero-order valence-electron chi connectivity index (χ0n) is 41.3. The van der Waals surface area contributed by atoms with Gasteiger partial charge in [0.1, 0.15) is 11.5 Å². The van der Waals surface area contributed by atoms with Crippen LogP contribution in [0.1, 0.15) is 30.2 Å². The molecule has 3 aromatic heterocycles. The van der Waals surface area contributed by atoms with Crippen molar-refractivity contribution in [2.45, 2.75) is 0 Å². The summed E-state index contributed by atoms with van der Waals surface area (Å²) in [5.41, 5.74) is -3.35. The number of furan rings is 1. The molecule has 0 aliphatic heterocycles. The second kappa shape index (κ2) is 8.64. The number of nitrogens with zero attached hydrogens (tertiary/aromatic N) is 2. The molecule has 0 radical (unpaired) electrons. The predicted molar refractivity (Wildman–Crippen MR) is 161 cm³/mol. The van der Waals surface area contributed by atoms with Gasteiger partial charge in [0.05, 0.1) is 46.9 Å². The van der Waals surface area contributed by atoms with Gasteiger partial charge in [-0.05, 0) is 51.8 Å². The van der Waals surface area contributed by atoms with Gasteiger partial charge < -0.3 is 4.42 Å². The van der Waals surface area contributed by atoms with E-state index in [9.17, 15) is 2.74 Å². The van der Waals surface area contributed by atoms with Gasteiger partial charge in [0.15, 0.2) is 0 Å². The Bertz CT molecular complexity index is 3390. The predicted octanol–water partition coefficient (Wildman–Crippen LogP) is 9.68. The number of hydrogen-bond acceptors (Lipinski definition) is 3. The molecular weight excluding hydrogens is 476 g/mol. The van der Waals surface area contributed by atoms with E-state index in [1.807, 2.05) is 0 Å². The quantitative estimate of drug-likeness (QED) is 0.218. The van der Waals surface area contributed by atoms with E-state index in [0.29, 0.717) is 0 Å². The molecule has 5 aromatic carbocycles. The average molecular weight is 521 g/mol. The molecule has 8 rings (SSSR count). The third kappa shape index (κ3) is 3.52. The highest BCUT2D eigenvalue weighted by atomic mass is 16.3. The van der Waals surface area contributed by atoms with Crippen molar-refractivity contribution in [3.05, 3.63) is 133 Å². The summed E-state index contributed by atoms with van der Waals surface area (Å²) in [5.74, 6) is -1.51. The fraction of sp³-hybridized carbons (Fsp3) is 0. The van der Waals surface area contributed by atoms with Gasteiger partial charge in [0.25, 0.3) is 0 Å². The molecule has 8 aromatic rings. The van der Waals surface area contributed by atoms with Crippen LogP contribution < -0.4 is 0 Å². The molecule has 0 spiro atoms. The zero-order chi connectivity index (χ0) is 44.9. The van der Waals surface area contributed by atoms with Crippen molar-refractivity contribution in [3.63, 3.8) is 0 Å². The summed E-state index contributed by atoms with van der Waals surface area (Å²) in [6.45, 7) is 0. The molecule has 0 amide bonds. The van der Waals surface area contributed by atoms with E-state index in [1.165, 1.54) is 0 Å². The first-order valence-corrected chi connectivity index (χ1v) is 11.3. The van der Waals surface area contributed by atoms with Crippen LogP contribution in [0, 0.1) is 0 Å². The largest absolute Gasteiger partial charge is 0.456 e. The van der Waals surface area contributed by atoms with E-state index in [2.05, 4.69) is 9.97 Å². The minimum atomic E-state index is -0.930. The van der Waals surface area contributed by atoms with E-state index >= 15 is 0 Å². The van der Waals surface area contributed by atoms with E-state index in [1.54, 1.807) is 0 Å². The highest BCUT2D eigenvalue weighted by Gasteiger charge is 2.15. The molecule has 0 fully saturated rings. The summed E-state index contributed by atoms with van der Waals surface area (Å²) in [4.78, 5) is 8.42. The molecule has 0 aliphatic carbocycles. The van der Waals surface area contributed by atoms with Crippen LogP contribution in [0.4, 0.5) is 0 Å². The van der Waals surface area contributed by atoms with Gasteiger partial charge in [-0.2, -0.15) is 0 Å². The average Bonchev–Trinajstić information content (AvgIpc) is 3.51. The first-order chi connectivity index (χ1) is 28.5. The molecule has 0 saturated carbocycles. The highest BCUT2D eigenvalue weighted by Crippen LogP contribution is 2.39. The minimum Gasteiger partial charge on any atom is -0.456 e. The van der Waals surface area contributed by atoms with Crippen LogP contribution in [0.15, 0.2) is 137 Å². The molecule has 182 valence electrons. The first kappa shape index (κ1) is 9.18. The molecule has 0 aliphatic rings. The van der Waals surface area contributed by atoms with Crippen LogP contribution in [0.5, 0.6) is 0 Å². The zero-order valence-corrected chi connectivity index (χ0v) is 19.3. The number of hydrogen-bond donors (Lipinski definition) is 0. The monoisotopic (exact) mass is 520 g/mol. The van der Waals surface area contributed by atoms with E-state index < -0.39 is 199 Å². The van der Waals surface area contributed by atoms with Crippen LogP contribution in [-0.2, 0) is 0 Å². The highest BCUT2D eigenvalue weighted by molar-refractivity contribution is 6.07. The summed E-state index contributed by atoms with van der Waals surface area (Å²) in [6.07, 6.45) is -0.724. The number of rotatable bonds is 3. The fourth-order valence-electron chi connectivity index (χ4n) is 4.19. The van der Waals surface area contributed by atoms with Crippen molar-refractivity contribution in [2.75, 3.05) is 0 Å². The summed E-state index contributed by atoms with van der Waals surface area (Å²) < 4.78 is 196. The lowest BCUT2D eigenvalue weighted by Crippen LogP contribution is -1.90. The molecule has 3 nitrogen and oxygen atoms in total. The van der Waals surface area contributed by atoms with Gasteiger partial charge in [-0.15, -0.1) is 0 Å². The van der Waals surface area contributed by atoms with Gasteiger partial charge in [-0.25, -0.2) is 4.98 Å². The Morgan fingerprint density at radius 1 is 0.462 bits per heavy atom. The molecule has 0 N–H and O–H groups in total. The summed E-state index contributed by atoms with van der Waals surface area (Å²) in [5, 5.41) is -3.00. The lowest BCUT2D eigenvalue weighted by molar-refractivity contribution is 0.598. The van der Waals surface area contributed by atoms with Crippen molar-refractivity contribution in [1.82, 2.24) is 9.97 Å². The molecular formula is C36H22N2O.